The van der Waals surface area contributed by atoms with E-state index in [4.69, 9.17) is 10.5 Å². The van der Waals surface area contributed by atoms with Crippen molar-refractivity contribution in [2.24, 2.45) is 0 Å². The largest absolute Gasteiger partial charge is 0.497 e. The van der Waals surface area contributed by atoms with Gasteiger partial charge in [0.2, 0.25) is 0 Å². The molecule has 0 saturated carbocycles. The van der Waals surface area contributed by atoms with Crippen LogP contribution < -0.4 is 15.2 Å². The molecule has 2 aromatic heterocycles. The van der Waals surface area contributed by atoms with Crippen LogP contribution in [0.5, 0.6) is 5.75 Å². The van der Waals surface area contributed by atoms with E-state index < -0.39 is 0 Å². The molecule has 0 atom stereocenters. The van der Waals surface area contributed by atoms with E-state index in [-0.39, 0.29) is 5.82 Å². The van der Waals surface area contributed by atoms with E-state index in [0.29, 0.717) is 28.0 Å². The molecule has 4 rings (SSSR count). The van der Waals surface area contributed by atoms with Crippen molar-refractivity contribution < 1.29 is 9.13 Å². The molecular weight excluding hydrogens is 367 g/mol. The molecule has 4 N–H and O–H groups in total. The summed E-state index contributed by atoms with van der Waals surface area (Å²) in [6, 6.07) is 10.2. The first-order chi connectivity index (χ1) is 13.1. The second-order valence-electron chi connectivity index (χ2n) is 5.67. The number of hydrogen-bond acceptors (Lipinski definition) is 7. The summed E-state index contributed by atoms with van der Waals surface area (Å²) in [5.41, 5.74) is 8.08. The predicted molar refractivity (Wildman–Crippen MR) is 104 cm³/mol. The van der Waals surface area contributed by atoms with Gasteiger partial charge in [0.25, 0.3) is 0 Å². The maximum absolute atomic E-state index is 13.9. The number of hydrogen-bond donors (Lipinski definition) is 3. The third-order valence-electron chi connectivity index (χ3n) is 3.92. The van der Waals surface area contributed by atoms with Crippen LogP contribution >= 0.6 is 11.9 Å². The molecule has 0 aliphatic carbocycles. The molecule has 2 heterocycles. The Morgan fingerprint density at radius 2 is 1.96 bits per heavy atom. The van der Waals surface area contributed by atoms with Gasteiger partial charge in [-0.15, -0.1) is 0 Å². The second kappa shape index (κ2) is 7.12. The summed E-state index contributed by atoms with van der Waals surface area (Å²) in [4.78, 5) is 9.14. The van der Waals surface area contributed by atoms with Gasteiger partial charge < -0.3 is 15.2 Å². The first kappa shape index (κ1) is 17.1. The molecule has 27 heavy (non-hydrogen) atoms. The predicted octanol–water partition coefficient (Wildman–Crippen LogP) is 3.87. The van der Waals surface area contributed by atoms with Crippen molar-refractivity contribution in [3.63, 3.8) is 0 Å². The average molecular weight is 382 g/mol. The monoisotopic (exact) mass is 382 g/mol. The van der Waals surface area contributed by atoms with E-state index in [1.165, 1.54) is 13.2 Å². The number of rotatable bonds is 5. The van der Waals surface area contributed by atoms with Crippen LogP contribution in [0.4, 0.5) is 15.9 Å². The summed E-state index contributed by atoms with van der Waals surface area (Å²) >= 11 is 1.12. The van der Waals surface area contributed by atoms with Gasteiger partial charge in [-0.1, -0.05) is 6.07 Å². The summed E-state index contributed by atoms with van der Waals surface area (Å²) in [7, 11) is 1.54. The minimum atomic E-state index is -0.335. The zero-order valence-corrected chi connectivity index (χ0v) is 15.0. The molecule has 4 aromatic rings. The van der Waals surface area contributed by atoms with Gasteiger partial charge in [0, 0.05) is 10.9 Å². The molecule has 0 fully saturated rings. The van der Waals surface area contributed by atoms with Crippen LogP contribution in [0.1, 0.15) is 0 Å². The highest BCUT2D eigenvalue weighted by Crippen LogP contribution is 2.28. The van der Waals surface area contributed by atoms with Crippen molar-refractivity contribution in [1.29, 1.82) is 0 Å². The lowest BCUT2D eigenvalue weighted by Crippen LogP contribution is -1.94. The molecule has 0 amide bonds. The first-order valence-electron chi connectivity index (χ1n) is 7.96. The summed E-state index contributed by atoms with van der Waals surface area (Å²) in [6.07, 6.45) is 3.28. The Bertz CT molecular complexity index is 1100. The van der Waals surface area contributed by atoms with Crippen molar-refractivity contribution in [1.82, 2.24) is 20.2 Å². The topological polar surface area (TPSA) is 102 Å². The van der Waals surface area contributed by atoms with Crippen molar-refractivity contribution in [2.75, 3.05) is 17.6 Å². The lowest BCUT2D eigenvalue weighted by atomic mass is 10.1. The Labute approximate surface area is 158 Å². The minimum absolute atomic E-state index is 0.335. The van der Waals surface area contributed by atoms with E-state index >= 15 is 0 Å². The van der Waals surface area contributed by atoms with E-state index in [9.17, 15) is 4.39 Å². The third-order valence-corrected chi connectivity index (χ3v) is 4.79. The first-order valence-corrected chi connectivity index (χ1v) is 8.78. The van der Waals surface area contributed by atoms with E-state index in [1.807, 2.05) is 18.2 Å². The molecule has 0 radical (unpaired) electrons. The maximum Gasteiger partial charge on any atom is 0.159 e. The van der Waals surface area contributed by atoms with Crippen molar-refractivity contribution >= 4 is 34.4 Å². The molecule has 136 valence electrons. The van der Waals surface area contributed by atoms with Crippen molar-refractivity contribution in [3.05, 3.63) is 54.6 Å². The molecule has 0 spiro atoms. The fourth-order valence-electron chi connectivity index (χ4n) is 2.51. The number of benzene rings is 2. The minimum Gasteiger partial charge on any atom is -0.497 e. The number of halogens is 1. The molecule has 0 aliphatic heterocycles. The summed E-state index contributed by atoms with van der Waals surface area (Å²) in [6.45, 7) is 0. The Morgan fingerprint density at radius 1 is 1.15 bits per heavy atom. The number of fused-ring (bicyclic) bond motifs is 1. The van der Waals surface area contributed by atoms with Gasteiger partial charge >= 0.3 is 0 Å². The zero-order valence-electron chi connectivity index (χ0n) is 14.2. The Kier molecular flexibility index (Phi) is 4.51. The van der Waals surface area contributed by atoms with Crippen LogP contribution in [-0.4, -0.2) is 27.3 Å². The number of nitrogen functional groups attached to an aromatic ring is 1. The van der Waals surface area contributed by atoms with Gasteiger partial charge in [0.1, 0.15) is 11.6 Å². The number of nitrogens with one attached hydrogen (secondary N) is 2. The molecule has 2 aromatic carbocycles. The van der Waals surface area contributed by atoms with Gasteiger partial charge in [-0.25, -0.2) is 14.4 Å². The molecule has 9 heteroatoms. The number of aromatic nitrogens is 4. The van der Waals surface area contributed by atoms with Crippen LogP contribution in [-0.2, 0) is 0 Å². The van der Waals surface area contributed by atoms with Gasteiger partial charge in [0.05, 0.1) is 35.6 Å². The number of ether oxygens (including phenoxy) is 1. The maximum atomic E-state index is 13.9. The quantitative estimate of drug-likeness (QED) is 0.450. The van der Waals surface area contributed by atoms with Crippen molar-refractivity contribution in [2.45, 2.75) is 4.90 Å². The van der Waals surface area contributed by atoms with E-state index in [0.717, 1.165) is 28.4 Å². The van der Waals surface area contributed by atoms with Crippen LogP contribution in [0.3, 0.4) is 0 Å². The summed E-state index contributed by atoms with van der Waals surface area (Å²) in [5, 5.41) is 7.70. The van der Waals surface area contributed by atoms with Crippen LogP contribution in [0.25, 0.3) is 22.3 Å². The number of H-pyrrole nitrogens is 1. The highest BCUT2D eigenvalue weighted by atomic mass is 32.2. The number of nitrogens with zero attached hydrogens (tertiary/aromatic N) is 3. The Balaban J connectivity index is 1.50. The number of anilines is 2. The summed E-state index contributed by atoms with van der Waals surface area (Å²) in [5.74, 6) is 1.27. The van der Waals surface area contributed by atoms with E-state index in [2.05, 4.69) is 24.9 Å². The standard InChI is InChI=1S/C18H15FN6OS/c1-26-12-3-5-14(19)16(7-12)27-25-11-8-21-18(22-9-11)10-2-4-13-15(6-10)23-24-17(13)20/h2-9,25H,1H3,(H3,20,23,24). The molecular formula is C18H15FN6OS. The number of nitrogens with two attached hydrogens (primary N) is 1. The van der Waals surface area contributed by atoms with Gasteiger partial charge in [-0.3, -0.25) is 5.10 Å². The summed E-state index contributed by atoms with van der Waals surface area (Å²) < 4.78 is 22.0. The molecule has 0 unspecified atom stereocenters. The van der Waals surface area contributed by atoms with Crippen LogP contribution in [0.2, 0.25) is 0 Å². The van der Waals surface area contributed by atoms with Gasteiger partial charge in [0.15, 0.2) is 11.6 Å². The fraction of sp³-hybridized carbons (Fsp3) is 0.0556. The highest BCUT2D eigenvalue weighted by Gasteiger charge is 2.08. The zero-order chi connectivity index (χ0) is 18.8. The molecule has 0 aliphatic rings. The van der Waals surface area contributed by atoms with Crippen LogP contribution in [0, 0.1) is 5.82 Å². The Morgan fingerprint density at radius 3 is 2.74 bits per heavy atom. The normalized spacial score (nSPS) is 10.9. The average Bonchev–Trinajstić information content (AvgIpc) is 3.08. The third kappa shape index (κ3) is 3.49. The molecule has 0 bridgehead atoms. The molecule has 7 nitrogen and oxygen atoms in total. The fourth-order valence-corrected chi connectivity index (χ4v) is 3.19. The van der Waals surface area contributed by atoms with E-state index in [1.54, 1.807) is 24.5 Å². The number of aromatic amines is 1. The van der Waals surface area contributed by atoms with Gasteiger partial charge in [-0.2, -0.15) is 5.10 Å². The Hall–Kier alpha value is -3.33. The second-order valence-corrected chi connectivity index (χ2v) is 6.51. The van der Waals surface area contributed by atoms with Gasteiger partial charge in [-0.05, 0) is 42.3 Å². The SMILES string of the molecule is COc1ccc(F)c(SNc2cnc(-c3ccc4c(N)n[nH]c4c3)nc2)c1. The molecule has 0 saturated heterocycles. The number of methoxy groups -OCH3 is 1. The smallest absolute Gasteiger partial charge is 0.159 e. The van der Waals surface area contributed by atoms with Crippen LogP contribution in [0.15, 0.2) is 53.7 Å². The lowest BCUT2D eigenvalue weighted by Gasteiger charge is -2.08. The van der Waals surface area contributed by atoms with Crippen molar-refractivity contribution in [3.8, 4) is 17.1 Å². The lowest BCUT2D eigenvalue weighted by molar-refractivity contribution is 0.411. The highest BCUT2D eigenvalue weighted by molar-refractivity contribution is 8.00.